The molecule has 0 N–H and O–H groups in total. The van der Waals surface area contributed by atoms with Crippen molar-refractivity contribution in [1.29, 1.82) is 0 Å². The van der Waals surface area contributed by atoms with E-state index in [0.717, 1.165) is 100 Å². The monoisotopic (exact) mass is 778 g/mol. The van der Waals surface area contributed by atoms with E-state index in [-0.39, 0.29) is 0 Å². The van der Waals surface area contributed by atoms with Gasteiger partial charge in [0.05, 0.1) is 11.4 Å². The van der Waals surface area contributed by atoms with Gasteiger partial charge in [-0.25, -0.2) is 9.97 Å². The first-order valence-corrected chi connectivity index (χ1v) is 20.6. The van der Waals surface area contributed by atoms with Gasteiger partial charge in [-0.1, -0.05) is 200 Å². The first-order valence-electron chi connectivity index (χ1n) is 20.6. The Balaban J connectivity index is 1.12. The van der Waals surface area contributed by atoms with E-state index in [1.165, 1.54) is 5.56 Å². The van der Waals surface area contributed by atoms with Gasteiger partial charge in [-0.05, 0) is 80.4 Å². The SMILES string of the molecule is c1ccc(-c2ccc(-c3cc(-c4cccc(-c5cc(-c6ccccc6)cc(-c6cccc7c6oc6ccccc67)c5-c5ccccc5)c4)nc(-c4ccccc4)n3)cc2)cc1. The Kier molecular flexibility index (Phi) is 9.18. The van der Waals surface area contributed by atoms with Gasteiger partial charge in [-0.3, -0.25) is 0 Å². The quantitative estimate of drug-likeness (QED) is 0.154. The van der Waals surface area contributed by atoms with Gasteiger partial charge in [0.2, 0.25) is 0 Å². The topological polar surface area (TPSA) is 38.9 Å². The van der Waals surface area contributed by atoms with Gasteiger partial charge in [0.15, 0.2) is 5.82 Å². The summed E-state index contributed by atoms with van der Waals surface area (Å²) >= 11 is 0. The molecule has 2 aromatic heterocycles. The zero-order chi connectivity index (χ0) is 40.5. The lowest BCUT2D eigenvalue weighted by atomic mass is 9.84. The largest absolute Gasteiger partial charge is 0.455 e. The lowest BCUT2D eigenvalue weighted by molar-refractivity contribution is 0.670. The lowest BCUT2D eigenvalue weighted by Gasteiger charge is -2.20. The van der Waals surface area contributed by atoms with Crippen molar-refractivity contribution in [2.75, 3.05) is 0 Å². The summed E-state index contributed by atoms with van der Waals surface area (Å²) < 4.78 is 6.71. The van der Waals surface area contributed by atoms with E-state index >= 15 is 0 Å². The van der Waals surface area contributed by atoms with Gasteiger partial charge < -0.3 is 4.42 Å². The van der Waals surface area contributed by atoms with E-state index in [1.807, 2.05) is 30.3 Å². The number of furan rings is 1. The van der Waals surface area contributed by atoms with Crippen LogP contribution >= 0.6 is 0 Å². The number of nitrogens with zero attached hydrogens (tertiary/aromatic N) is 2. The molecule has 11 rings (SSSR count). The van der Waals surface area contributed by atoms with Gasteiger partial charge in [-0.2, -0.15) is 0 Å². The van der Waals surface area contributed by atoms with E-state index in [2.05, 4.69) is 200 Å². The molecule has 0 bridgehead atoms. The predicted octanol–water partition coefficient (Wildman–Crippen LogP) is 15.7. The second-order valence-electron chi connectivity index (χ2n) is 15.3. The van der Waals surface area contributed by atoms with Gasteiger partial charge in [0.25, 0.3) is 0 Å². The minimum absolute atomic E-state index is 0.683. The number of fused-ring (bicyclic) bond motifs is 3. The molecule has 0 aliphatic rings. The summed E-state index contributed by atoms with van der Waals surface area (Å²) in [5, 5.41) is 2.21. The standard InChI is InChI=1S/C58H38N2O/c1-5-17-39(18-6-1)41-31-33-42(34-32-41)53-38-54(60-58(59-53)44-23-11-4-12-24-44)46-26-15-25-45(35-46)51-36-47(40-19-7-2-8-20-40)37-52(56(51)43-21-9-3-10-22-43)50-29-16-28-49-48-27-13-14-30-55(48)61-57(49)50/h1-38H. The Labute approximate surface area is 354 Å². The smallest absolute Gasteiger partial charge is 0.160 e. The molecule has 0 spiro atoms. The van der Waals surface area contributed by atoms with Gasteiger partial charge in [0, 0.05) is 33.0 Å². The van der Waals surface area contributed by atoms with Crippen LogP contribution < -0.4 is 0 Å². The van der Waals surface area contributed by atoms with Crippen LogP contribution in [0.4, 0.5) is 0 Å². The van der Waals surface area contributed by atoms with E-state index in [1.54, 1.807) is 0 Å². The average Bonchev–Trinajstić information content (AvgIpc) is 3.74. The summed E-state index contributed by atoms with van der Waals surface area (Å²) in [5.41, 5.74) is 17.7. The average molecular weight is 779 g/mol. The Morgan fingerprint density at radius 1 is 0.279 bits per heavy atom. The highest BCUT2D eigenvalue weighted by atomic mass is 16.3. The third-order valence-corrected chi connectivity index (χ3v) is 11.5. The molecule has 0 aliphatic heterocycles. The molecular weight excluding hydrogens is 741 g/mol. The molecule has 2 heterocycles. The van der Waals surface area contributed by atoms with E-state index in [4.69, 9.17) is 14.4 Å². The van der Waals surface area contributed by atoms with Crippen LogP contribution in [0.3, 0.4) is 0 Å². The fourth-order valence-electron chi connectivity index (χ4n) is 8.52. The lowest BCUT2D eigenvalue weighted by Crippen LogP contribution is -1.97. The third-order valence-electron chi connectivity index (χ3n) is 11.5. The number of hydrogen-bond donors (Lipinski definition) is 0. The second kappa shape index (κ2) is 15.6. The summed E-state index contributed by atoms with van der Waals surface area (Å²) in [6.07, 6.45) is 0. The molecule has 0 fully saturated rings. The zero-order valence-corrected chi connectivity index (χ0v) is 33.2. The number of benzene rings is 9. The maximum Gasteiger partial charge on any atom is 0.160 e. The molecule has 0 aliphatic carbocycles. The molecule has 61 heavy (non-hydrogen) atoms. The van der Waals surface area contributed by atoms with Crippen molar-refractivity contribution in [2.45, 2.75) is 0 Å². The summed E-state index contributed by atoms with van der Waals surface area (Å²) in [5.74, 6) is 0.683. The highest BCUT2D eigenvalue weighted by Gasteiger charge is 2.21. The zero-order valence-electron chi connectivity index (χ0n) is 33.2. The maximum atomic E-state index is 6.71. The first-order chi connectivity index (χ1) is 30.2. The second-order valence-corrected chi connectivity index (χ2v) is 15.3. The highest BCUT2D eigenvalue weighted by Crippen LogP contribution is 2.47. The van der Waals surface area contributed by atoms with Crippen molar-refractivity contribution in [3.8, 4) is 89.5 Å². The molecule has 0 saturated carbocycles. The van der Waals surface area contributed by atoms with Crippen molar-refractivity contribution in [1.82, 2.24) is 9.97 Å². The van der Waals surface area contributed by atoms with Crippen LogP contribution in [0.2, 0.25) is 0 Å². The molecule has 3 nitrogen and oxygen atoms in total. The number of para-hydroxylation sites is 2. The number of rotatable bonds is 8. The van der Waals surface area contributed by atoms with Gasteiger partial charge in [-0.15, -0.1) is 0 Å². The number of aromatic nitrogens is 2. The van der Waals surface area contributed by atoms with Crippen molar-refractivity contribution >= 4 is 21.9 Å². The fourth-order valence-corrected chi connectivity index (χ4v) is 8.52. The first kappa shape index (κ1) is 36.0. The minimum atomic E-state index is 0.683. The maximum absolute atomic E-state index is 6.71. The summed E-state index contributed by atoms with van der Waals surface area (Å²) in [6.45, 7) is 0. The van der Waals surface area contributed by atoms with Crippen LogP contribution in [0.15, 0.2) is 235 Å². The van der Waals surface area contributed by atoms with Crippen LogP contribution in [0.1, 0.15) is 0 Å². The molecule has 0 radical (unpaired) electrons. The fraction of sp³-hybridized carbons (Fsp3) is 0. The molecule has 0 unspecified atom stereocenters. The van der Waals surface area contributed by atoms with E-state index < -0.39 is 0 Å². The molecule has 9 aromatic carbocycles. The minimum Gasteiger partial charge on any atom is -0.455 e. The van der Waals surface area contributed by atoms with Crippen LogP contribution in [0.25, 0.3) is 111 Å². The van der Waals surface area contributed by atoms with Crippen molar-refractivity contribution in [3.63, 3.8) is 0 Å². The van der Waals surface area contributed by atoms with Crippen LogP contribution in [-0.4, -0.2) is 9.97 Å². The summed E-state index contributed by atoms with van der Waals surface area (Å²) in [4.78, 5) is 10.4. The van der Waals surface area contributed by atoms with Crippen molar-refractivity contribution in [3.05, 3.63) is 231 Å². The number of hydrogen-bond acceptors (Lipinski definition) is 3. The third kappa shape index (κ3) is 6.88. The molecule has 0 amide bonds. The molecule has 3 heteroatoms. The normalized spacial score (nSPS) is 11.3. The molecule has 286 valence electrons. The Morgan fingerprint density at radius 2 is 0.770 bits per heavy atom. The molecule has 0 saturated heterocycles. The molecule has 11 aromatic rings. The Hall–Kier alpha value is -8.14. The summed E-state index contributed by atoms with van der Waals surface area (Å²) in [6, 6.07) is 81.1. The van der Waals surface area contributed by atoms with Crippen molar-refractivity contribution < 1.29 is 4.42 Å². The van der Waals surface area contributed by atoms with Gasteiger partial charge in [0.1, 0.15) is 11.2 Å². The van der Waals surface area contributed by atoms with Crippen LogP contribution in [0.5, 0.6) is 0 Å². The van der Waals surface area contributed by atoms with E-state index in [0.29, 0.717) is 5.82 Å². The Morgan fingerprint density at radius 3 is 1.48 bits per heavy atom. The van der Waals surface area contributed by atoms with Crippen LogP contribution in [0, 0.1) is 0 Å². The Bertz CT molecular complexity index is 3320. The van der Waals surface area contributed by atoms with Crippen LogP contribution in [-0.2, 0) is 0 Å². The predicted molar refractivity (Wildman–Crippen MR) is 253 cm³/mol. The van der Waals surface area contributed by atoms with E-state index in [9.17, 15) is 0 Å². The highest BCUT2D eigenvalue weighted by molar-refractivity contribution is 6.12. The van der Waals surface area contributed by atoms with Crippen molar-refractivity contribution in [2.24, 2.45) is 0 Å². The molecular formula is C58H38N2O. The van der Waals surface area contributed by atoms with Gasteiger partial charge >= 0.3 is 0 Å². The summed E-state index contributed by atoms with van der Waals surface area (Å²) in [7, 11) is 0. The molecule has 0 atom stereocenters.